The molecule has 0 unspecified atom stereocenters. The second-order valence-electron chi connectivity index (χ2n) is 4.68. The summed E-state index contributed by atoms with van der Waals surface area (Å²) in [4.78, 5) is 12.1. The van der Waals surface area contributed by atoms with Gasteiger partial charge in [-0.25, -0.2) is 0 Å². The predicted molar refractivity (Wildman–Crippen MR) is 81.9 cm³/mol. The minimum Gasteiger partial charge on any atom is -0.469 e. The fourth-order valence-corrected chi connectivity index (χ4v) is 2.00. The average molecular weight is 282 g/mol. The molecule has 1 aromatic heterocycles. The lowest BCUT2D eigenvalue weighted by molar-refractivity contribution is 0.0953. The van der Waals surface area contributed by atoms with Crippen molar-refractivity contribution in [1.82, 2.24) is 5.32 Å². The molecule has 0 atom stereocenters. The van der Waals surface area contributed by atoms with E-state index in [9.17, 15) is 4.79 Å². The lowest BCUT2D eigenvalue weighted by atomic mass is 10.1. The van der Waals surface area contributed by atoms with E-state index in [1.807, 2.05) is 31.2 Å². The highest BCUT2D eigenvalue weighted by atomic mass is 16.3. The summed E-state index contributed by atoms with van der Waals surface area (Å²) in [6, 6.07) is 9.27. The monoisotopic (exact) mass is 282 g/mol. The number of carbonyl (C=O) groups is 1. The van der Waals surface area contributed by atoms with Gasteiger partial charge in [-0.1, -0.05) is 11.8 Å². The van der Waals surface area contributed by atoms with E-state index in [0.717, 1.165) is 16.9 Å². The molecule has 1 aromatic carbocycles. The molecule has 0 aliphatic heterocycles. The SMILES string of the molecule is Cc1cc(C#CCN)cc(C(=O)NCCc2ccco2)c1. The van der Waals surface area contributed by atoms with Crippen LogP contribution in [0, 0.1) is 18.8 Å². The molecule has 0 fully saturated rings. The van der Waals surface area contributed by atoms with Crippen LogP contribution in [0.3, 0.4) is 0 Å². The van der Waals surface area contributed by atoms with Crippen molar-refractivity contribution in [3.8, 4) is 11.8 Å². The predicted octanol–water partition coefficient (Wildman–Crippen LogP) is 1.87. The zero-order valence-corrected chi connectivity index (χ0v) is 12.0. The standard InChI is InChI=1S/C17H18N2O2/c1-13-10-14(4-2-7-18)12-15(11-13)17(20)19-8-6-16-5-3-9-21-16/h3,5,9-12H,6-8,18H2,1H3,(H,19,20). The number of hydrogen-bond donors (Lipinski definition) is 2. The van der Waals surface area contributed by atoms with Crippen LogP contribution in [0.1, 0.15) is 27.2 Å². The Hall–Kier alpha value is -2.51. The lowest BCUT2D eigenvalue weighted by Crippen LogP contribution is -2.25. The molecule has 2 aromatic rings. The molecule has 0 saturated heterocycles. The number of aryl methyl sites for hydroxylation is 1. The van der Waals surface area contributed by atoms with Gasteiger partial charge >= 0.3 is 0 Å². The van der Waals surface area contributed by atoms with Crippen LogP contribution in [0.2, 0.25) is 0 Å². The molecule has 0 aliphatic carbocycles. The third kappa shape index (κ3) is 4.51. The maximum Gasteiger partial charge on any atom is 0.251 e. The van der Waals surface area contributed by atoms with E-state index in [2.05, 4.69) is 17.2 Å². The van der Waals surface area contributed by atoms with E-state index in [0.29, 0.717) is 25.1 Å². The molecule has 21 heavy (non-hydrogen) atoms. The number of nitrogens with two attached hydrogens (primary N) is 1. The van der Waals surface area contributed by atoms with Gasteiger partial charge in [-0.05, 0) is 42.8 Å². The highest BCUT2D eigenvalue weighted by molar-refractivity contribution is 5.94. The molecule has 0 spiro atoms. The zero-order chi connectivity index (χ0) is 15.1. The van der Waals surface area contributed by atoms with E-state index in [4.69, 9.17) is 10.2 Å². The number of rotatable bonds is 4. The van der Waals surface area contributed by atoms with E-state index in [1.165, 1.54) is 0 Å². The van der Waals surface area contributed by atoms with Crippen molar-refractivity contribution in [3.05, 3.63) is 59.0 Å². The highest BCUT2D eigenvalue weighted by Gasteiger charge is 2.07. The van der Waals surface area contributed by atoms with E-state index in [-0.39, 0.29) is 5.91 Å². The fourth-order valence-electron chi connectivity index (χ4n) is 2.00. The molecular formula is C17H18N2O2. The van der Waals surface area contributed by atoms with Crippen LogP contribution in [0.4, 0.5) is 0 Å². The summed E-state index contributed by atoms with van der Waals surface area (Å²) in [6.07, 6.45) is 2.30. The maximum atomic E-state index is 12.1. The van der Waals surface area contributed by atoms with Gasteiger partial charge in [-0.15, -0.1) is 0 Å². The Morgan fingerprint density at radius 3 is 2.95 bits per heavy atom. The Bertz CT molecular complexity index is 664. The summed E-state index contributed by atoms with van der Waals surface area (Å²) in [5.74, 6) is 6.49. The van der Waals surface area contributed by atoms with Crippen LogP contribution in [0.15, 0.2) is 41.0 Å². The molecule has 0 bridgehead atoms. The third-order valence-electron chi connectivity index (χ3n) is 2.91. The number of hydrogen-bond acceptors (Lipinski definition) is 3. The second kappa shape index (κ2) is 7.32. The van der Waals surface area contributed by atoms with E-state index in [1.54, 1.807) is 12.3 Å². The van der Waals surface area contributed by atoms with Crippen LogP contribution in [0.25, 0.3) is 0 Å². The Morgan fingerprint density at radius 2 is 2.24 bits per heavy atom. The van der Waals surface area contributed by atoms with E-state index >= 15 is 0 Å². The summed E-state index contributed by atoms with van der Waals surface area (Å²) < 4.78 is 5.22. The van der Waals surface area contributed by atoms with Crippen molar-refractivity contribution in [2.45, 2.75) is 13.3 Å². The fraction of sp³-hybridized carbons (Fsp3) is 0.235. The van der Waals surface area contributed by atoms with Gasteiger partial charge < -0.3 is 15.5 Å². The van der Waals surface area contributed by atoms with Crippen molar-refractivity contribution in [2.24, 2.45) is 5.73 Å². The largest absolute Gasteiger partial charge is 0.469 e. The molecule has 1 amide bonds. The molecule has 4 nitrogen and oxygen atoms in total. The van der Waals surface area contributed by atoms with Gasteiger partial charge in [0.25, 0.3) is 5.91 Å². The average Bonchev–Trinajstić information content (AvgIpc) is 2.97. The molecule has 0 aliphatic rings. The van der Waals surface area contributed by atoms with Crippen LogP contribution < -0.4 is 11.1 Å². The van der Waals surface area contributed by atoms with Crippen LogP contribution in [-0.2, 0) is 6.42 Å². The van der Waals surface area contributed by atoms with Crippen molar-refractivity contribution >= 4 is 5.91 Å². The van der Waals surface area contributed by atoms with Crippen molar-refractivity contribution < 1.29 is 9.21 Å². The van der Waals surface area contributed by atoms with Gasteiger partial charge in [-0.3, -0.25) is 4.79 Å². The Kier molecular flexibility index (Phi) is 5.19. The quantitative estimate of drug-likeness (QED) is 0.841. The minimum atomic E-state index is -0.110. The molecule has 108 valence electrons. The number of furan rings is 1. The molecule has 3 N–H and O–H groups in total. The summed E-state index contributed by atoms with van der Waals surface area (Å²) in [6.45, 7) is 2.77. The molecule has 1 heterocycles. The summed E-state index contributed by atoms with van der Waals surface area (Å²) in [7, 11) is 0. The zero-order valence-electron chi connectivity index (χ0n) is 12.0. The summed E-state index contributed by atoms with van der Waals surface area (Å²) in [5.41, 5.74) is 7.77. The Morgan fingerprint density at radius 1 is 1.38 bits per heavy atom. The number of carbonyl (C=O) groups excluding carboxylic acids is 1. The topological polar surface area (TPSA) is 68.3 Å². The third-order valence-corrected chi connectivity index (χ3v) is 2.91. The lowest BCUT2D eigenvalue weighted by Gasteiger charge is -2.06. The summed E-state index contributed by atoms with van der Waals surface area (Å²) in [5, 5.41) is 2.88. The first-order valence-electron chi connectivity index (χ1n) is 6.80. The summed E-state index contributed by atoms with van der Waals surface area (Å²) >= 11 is 0. The van der Waals surface area contributed by atoms with Crippen LogP contribution in [0.5, 0.6) is 0 Å². The van der Waals surface area contributed by atoms with Gasteiger partial charge in [0.15, 0.2) is 0 Å². The number of amides is 1. The number of benzene rings is 1. The van der Waals surface area contributed by atoms with Crippen molar-refractivity contribution in [2.75, 3.05) is 13.1 Å². The molecule has 4 heteroatoms. The van der Waals surface area contributed by atoms with E-state index < -0.39 is 0 Å². The van der Waals surface area contributed by atoms with Crippen molar-refractivity contribution in [3.63, 3.8) is 0 Å². The highest BCUT2D eigenvalue weighted by Crippen LogP contribution is 2.09. The minimum absolute atomic E-state index is 0.110. The normalized spacial score (nSPS) is 9.81. The Labute approximate surface area is 124 Å². The molecule has 0 radical (unpaired) electrons. The second-order valence-corrected chi connectivity index (χ2v) is 4.68. The van der Waals surface area contributed by atoms with Gasteiger partial charge in [0.1, 0.15) is 5.76 Å². The first-order valence-corrected chi connectivity index (χ1v) is 6.80. The van der Waals surface area contributed by atoms with Crippen LogP contribution in [-0.4, -0.2) is 19.0 Å². The van der Waals surface area contributed by atoms with Crippen LogP contribution >= 0.6 is 0 Å². The van der Waals surface area contributed by atoms with Gasteiger partial charge in [0, 0.05) is 24.1 Å². The molecular weight excluding hydrogens is 264 g/mol. The Balaban J connectivity index is 1.99. The first-order chi connectivity index (χ1) is 10.2. The molecule has 2 rings (SSSR count). The number of nitrogens with one attached hydrogen (secondary N) is 1. The maximum absolute atomic E-state index is 12.1. The van der Waals surface area contributed by atoms with Crippen molar-refractivity contribution in [1.29, 1.82) is 0 Å². The van der Waals surface area contributed by atoms with Gasteiger partial charge in [0.05, 0.1) is 12.8 Å². The smallest absolute Gasteiger partial charge is 0.251 e. The molecule has 0 saturated carbocycles. The van der Waals surface area contributed by atoms with Gasteiger partial charge in [0.2, 0.25) is 0 Å². The first kappa shape index (κ1) is 14.9. The van der Waals surface area contributed by atoms with Gasteiger partial charge in [-0.2, -0.15) is 0 Å².